The van der Waals surface area contributed by atoms with Gasteiger partial charge in [-0.3, -0.25) is 0 Å². The molecule has 0 rings (SSSR count). The van der Waals surface area contributed by atoms with Gasteiger partial charge in [0.1, 0.15) is 6.61 Å². The number of carbonyl (C=O) groups excluding carboxylic acids is 1. The summed E-state index contributed by atoms with van der Waals surface area (Å²) in [6.45, 7) is 12.1. The van der Waals surface area contributed by atoms with Gasteiger partial charge in [0.2, 0.25) is 0 Å². The van der Waals surface area contributed by atoms with E-state index in [-0.39, 0.29) is 6.61 Å². The van der Waals surface area contributed by atoms with Crippen LogP contribution in [0.3, 0.4) is 0 Å². The number of ether oxygens (including phenoxy) is 1. The molecule has 0 bridgehead atoms. The molecule has 0 unspecified atom stereocenters. The third kappa shape index (κ3) is 17.7. The van der Waals surface area contributed by atoms with Crippen LogP contribution in [0.1, 0.15) is 6.92 Å². The summed E-state index contributed by atoms with van der Waals surface area (Å²) in [5.74, 6) is -0.412. The first-order valence-corrected chi connectivity index (χ1v) is 3.20. The van der Waals surface area contributed by atoms with Gasteiger partial charge in [-0.05, 0) is 6.92 Å². The highest BCUT2D eigenvalue weighted by molar-refractivity contribution is 5.81. The van der Waals surface area contributed by atoms with E-state index in [2.05, 4.69) is 24.5 Å². The molecule has 11 heavy (non-hydrogen) atoms. The molecule has 0 radical (unpaired) electrons. The van der Waals surface area contributed by atoms with Gasteiger partial charge in [0, 0.05) is 6.08 Å². The van der Waals surface area contributed by atoms with E-state index in [0.717, 1.165) is 6.08 Å². The molecule has 0 atom stereocenters. The first-order valence-electron chi connectivity index (χ1n) is 3.20. The summed E-state index contributed by atoms with van der Waals surface area (Å²) >= 11 is 0. The highest BCUT2D eigenvalue weighted by Gasteiger charge is 1.87. The van der Waals surface area contributed by atoms with Crippen LogP contribution < -0.4 is 0 Å². The Balaban J connectivity index is 0. The van der Waals surface area contributed by atoms with Crippen molar-refractivity contribution in [2.75, 3.05) is 6.61 Å². The minimum absolute atomic E-state index is 0.255. The van der Waals surface area contributed by atoms with Gasteiger partial charge in [0.25, 0.3) is 0 Å². The van der Waals surface area contributed by atoms with Crippen molar-refractivity contribution in [1.82, 2.24) is 0 Å². The summed E-state index contributed by atoms with van der Waals surface area (Å²) in [5, 5.41) is 0. The zero-order valence-corrected chi connectivity index (χ0v) is 6.88. The number of esters is 1. The molecule has 0 aromatic carbocycles. The molecule has 0 aliphatic rings. The summed E-state index contributed by atoms with van der Waals surface area (Å²) in [5.41, 5.74) is 0. The van der Waals surface area contributed by atoms with E-state index >= 15 is 0 Å². The Morgan fingerprint density at radius 1 is 1.45 bits per heavy atom. The second kappa shape index (κ2) is 11.5. The monoisotopic (exact) mass is 154 g/mol. The second-order valence-electron chi connectivity index (χ2n) is 1.53. The van der Waals surface area contributed by atoms with Crippen LogP contribution >= 0.6 is 0 Å². The number of hydrogen-bond acceptors (Lipinski definition) is 2. The summed E-state index contributed by atoms with van der Waals surface area (Å²) in [7, 11) is 0. The number of allylic oxidation sites excluding steroid dienone is 1. The van der Waals surface area contributed by atoms with E-state index in [1.165, 1.54) is 6.08 Å². The molecule has 0 aliphatic carbocycles. The minimum atomic E-state index is -0.412. The standard InChI is InChI=1S/C6H8O2.C3H6/c1-3-5-8-6(7)4-2;1-3-2/h3-4H,1-2,5H2;3H,1H2,2H3. The van der Waals surface area contributed by atoms with Crippen LogP contribution in [0, 0.1) is 0 Å². The zero-order valence-electron chi connectivity index (χ0n) is 6.88. The van der Waals surface area contributed by atoms with Crippen LogP contribution in [-0.4, -0.2) is 12.6 Å². The molecule has 2 heteroatoms. The molecule has 0 aromatic heterocycles. The summed E-state index contributed by atoms with van der Waals surface area (Å²) < 4.78 is 4.47. The SMILES string of the molecule is C=CC.C=CCOC(=O)C=C. The van der Waals surface area contributed by atoms with E-state index in [4.69, 9.17) is 0 Å². The molecule has 0 amide bonds. The van der Waals surface area contributed by atoms with E-state index < -0.39 is 5.97 Å². The van der Waals surface area contributed by atoms with E-state index in [1.54, 1.807) is 6.08 Å². The van der Waals surface area contributed by atoms with Gasteiger partial charge < -0.3 is 4.74 Å². The maximum absolute atomic E-state index is 10.2. The van der Waals surface area contributed by atoms with Gasteiger partial charge in [0.15, 0.2) is 0 Å². The predicted molar refractivity (Wildman–Crippen MR) is 47.2 cm³/mol. The molecule has 0 saturated heterocycles. The molecule has 2 nitrogen and oxygen atoms in total. The van der Waals surface area contributed by atoms with Gasteiger partial charge in [-0.15, -0.1) is 6.58 Å². The number of carbonyl (C=O) groups is 1. The van der Waals surface area contributed by atoms with Gasteiger partial charge in [0.05, 0.1) is 0 Å². The van der Waals surface area contributed by atoms with Crippen molar-refractivity contribution in [3.05, 3.63) is 38.0 Å². The van der Waals surface area contributed by atoms with E-state index in [0.29, 0.717) is 0 Å². The van der Waals surface area contributed by atoms with E-state index in [9.17, 15) is 4.79 Å². The van der Waals surface area contributed by atoms with Crippen molar-refractivity contribution >= 4 is 5.97 Å². The molecule has 0 aliphatic heterocycles. The van der Waals surface area contributed by atoms with E-state index in [1.807, 2.05) is 6.92 Å². The van der Waals surface area contributed by atoms with Crippen LogP contribution in [0.5, 0.6) is 0 Å². The quantitative estimate of drug-likeness (QED) is 0.353. The van der Waals surface area contributed by atoms with Crippen LogP contribution in [0.15, 0.2) is 38.0 Å². The molecule has 0 saturated carbocycles. The molecule has 0 heterocycles. The Kier molecular flexibility index (Phi) is 12.9. The minimum Gasteiger partial charge on any atom is -0.458 e. The fraction of sp³-hybridized carbons (Fsp3) is 0.222. The maximum atomic E-state index is 10.2. The Morgan fingerprint density at radius 2 is 1.91 bits per heavy atom. The fourth-order valence-corrected chi connectivity index (χ4v) is 0.200. The molecule has 0 spiro atoms. The van der Waals surface area contributed by atoms with Crippen molar-refractivity contribution in [3.63, 3.8) is 0 Å². The summed E-state index contributed by atoms with van der Waals surface area (Å²) in [4.78, 5) is 10.2. The lowest BCUT2D eigenvalue weighted by atomic mass is 10.6. The Labute approximate surface area is 67.9 Å². The summed E-state index contributed by atoms with van der Waals surface area (Å²) in [6, 6.07) is 0. The molecule has 0 N–H and O–H groups in total. The van der Waals surface area contributed by atoms with Crippen molar-refractivity contribution in [3.8, 4) is 0 Å². The van der Waals surface area contributed by atoms with Crippen molar-refractivity contribution in [2.45, 2.75) is 6.92 Å². The van der Waals surface area contributed by atoms with Crippen LogP contribution in [0.2, 0.25) is 0 Å². The Bertz CT molecular complexity index is 136. The van der Waals surface area contributed by atoms with Crippen molar-refractivity contribution in [1.29, 1.82) is 0 Å². The van der Waals surface area contributed by atoms with Gasteiger partial charge in [-0.2, -0.15) is 0 Å². The highest BCUT2D eigenvalue weighted by atomic mass is 16.5. The lowest BCUT2D eigenvalue weighted by Crippen LogP contribution is -1.98. The second-order valence-corrected chi connectivity index (χ2v) is 1.53. The average molecular weight is 154 g/mol. The topological polar surface area (TPSA) is 26.3 Å². The lowest BCUT2D eigenvalue weighted by Gasteiger charge is -1.92. The smallest absolute Gasteiger partial charge is 0.330 e. The zero-order chi connectivity index (χ0) is 9.11. The van der Waals surface area contributed by atoms with Crippen LogP contribution in [-0.2, 0) is 9.53 Å². The largest absolute Gasteiger partial charge is 0.458 e. The third-order valence-corrected chi connectivity index (χ3v) is 0.510. The molecular weight excluding hydrogens is 140 g/mol. The molecule has 62 valence electrons. The average Bonchev–Trinajstić information content (AvgIpc) is 2.02. The maximum Gasteiger partial charge on any atom is 0.330 e. The van der Waals surface area contributed by atoms with Crippen molar-refractivity contribution in [2.24, 2.45) is 0 Å². The third-order valence-electron chi connectivity index (χ3n) is 0.510. The first kappa shape index (κ1) is 12.4. The fourth-order valence-electron chi connectivity index (χ4n) is 0.200. The predicted octanol–water partition coefficient (Wildman–Crippen LogP) is 2.09. The van der Waals surface area contributed by atoms with Crippen LogP contribution in [0.4, 0.5) is 0 Å². The Hall–Kier alpha value is -1.31. The van der Waals surface area contributed by atoms with Gasteiger partial charge in [-0.1, -0.05) is 25.3 Å². The van der Waals surface area contributed by atoms with Crippen LogP contribution in [0.25, 0.3) is 0 Å². The van der Waals surface area contributed by atoms with Crippen molar-refractivity contribution < 1.29 is 9.53 Å². The normalized spacial score (nSPS) is 6.64. The number of rotatable bonds is 3. The van der Waals surface area contributed by atoms with Gasteiger partial charge >= 0.3 is 5.97 Å². The summed E-state index contributed by atoms with van der Waals surface area (Å²) in [6.07, 6.45) is 4.37. The molecule has 0 aromatic rings. The highest BCUT2D eigenvalue weighted by Crippen LogP contribution is 1.77. The van der Waals surface area contributed by atoms with Gasteiger partial charge in [-0.25, -0.2) is 4.79 Å². The Morgan fingerprint density at radius 3 is 2.18 bits per heavy atom. The molecule has 0 fully saturated rings. The first-order chi connectivity index (χ1) is 5.22. The number of hydrogen-bond donors (Lipinski definition) is 0. The molecular formula is C9H14O2. The lowest BCUT2D eigenvalue weighted by molar-refractivity contribution is -0.136.